The predicted octanol–water partition coefficient (Wildman–Crippen LogP) is 1.95. The fraction of sp³-hybridized carbons (Fsp3) is 0.643. The molecule has 0 radical (unpaired) electrons. The number of aromatic nitrogens is 2. The summed E-state index contributed by atoms with van der Waals surface area (Å²) in [5.41, 5.74) is 1.22. The fourth-order valence-corrected chi connectivity index (χ4v) is 2.41. The Morgan fingerprint density at radius 3 is 2.89 bits per heavy atom. The van der Waals surface area contributed by atoms with Gasteiger partial charge in [0.15, 0.2) is 0 Å². The Morgan fingerprint density at radius 2 is 2.17 bits per heavy atom. The average Bonchev–Trinajstić information content (AvgIpc) is 2.87. The third kappa shape index (κ3) is 4.27. The SMILES string of the molecule is C=Cn1cc(CNCCCN2CCCCC2)cn1. The smallest absolute Gasteiger partial charge is 0.0538 e. The first kappa shape index (κ1) is 13.3. The standard InChI is InChI=1S/C14H24N4/c1-2-18-13-14(12-16-18)11-15-7-6-10-17-8-4-3-5-9-17/h2,12-13,15H,1,3-11H2. The molecule has 2 heterocycles. The third-order valence-electron chi connectivity index (χ3n) is 3.45. The Kier molecular flexibility index (Phi) is 5.42. The topological polar surface area (TPSA) is 33.1 Å². The third-order valence-corrected chi connectivity index (χ3v) is 3.45. The van der Waals surface area contributed by atoms with Crippen LogP contribution in [0.15, 0.2) is 19.0 Å². The molecular formula is C14H24N4. The Balaban J connectivity index is 1.54. The summed E-state index contributed by atoms with van der Waals surface area (Å²) in [5.74, 6) is 0. The van der Waals surface area contributed by atoms with Gasteiger partial charge in [0.1, 0.15) is 0 Å². The lowest BCUT2D eigenvalue weighted by Gasteiger charge is -2.26. The highest BCUT2D eigenvalue weighted by molar-refractivity contribution is 5.17. The number of rotatable bonds is 7. The van der Waals surface area contributed by atoms with E-state index in [1.54, 1.807) is 10.9 Å². The molecule has 0 aliphatic carbocycles. The number of likely N-dealkylation sites (tertiary alicyclic amines) is 1. The van der Waals surface area contributed by atoms with E-state index in [1.807, 2.05) is 12.4 Å². The molecule has 1 aromatic rings. The number of nitrogens with zero attached hydrogens (tertiary/aromatic N) is 3. The summed E-state index contributed by atoms with van der Waals surface area (Å²) in [7, 11) is 0. The molecule has 0 bridgehead atoms. The summed E-state index contributed by atoms with van der Waals surface area (Å²) < 4.78 is 1.74. The molecule has 4 nitrogen and oxygen atoms in total. The molecule has 2 rings (SSSR count). The van der Waals surface area contributed by atoms with Crippen LogP contribution in [0.1, 0.15) is 31.2 Å². The molecule has 0 atom stereocenters. The van der Waals surface area contributed by atoms with Crippen molar-refractivity contribution in [3.63, 3.8) is 0 Å². The van der Waals surface area contributed by atoms with Crippen molar-refractivity contribution in [1.29, 1.82) is 0 Å². The molecule has 1 aliphatic rings. The Hall–Kier alpha value is -1.13. The molecule has 0 saturated carbocycles. The minimum atomic E-state index is 0.897. The van der Waals surface area contributed by atoms with Crippen LogP contribution in [0.4, 0.5) is 0 Å². The van der Waals surface area contributed by atoms with E-state index in [1.165, 1.54) is 50.9 Å². The molecule has 1 N–H and O–H groups in total. The van der Waals surface area contributed by atoms with Crippen molar-refractivity contribution < 1.29 is 0 Å². The Labute approximate surface area is 110 Å². The molecule has 0 unspecified atom stereocenters. The minimum absolute atomic E-state index is 0.897. The van der Waals surface area contributed by atoms with E-state index < -0.39 is 0 Å². The molecule has 0 amide bonds. The summed E-state index contributed by atoms with van der Waals surface area (Å²) in [6.45, 7) is 9.49. The molecule has 4 heteroatoms. The first-order chi connectivity index (χ1) is 8.88. The van der Waals surface area contributed by atoms with Gasteiger partial charge in [0.05, 0.1) is 6.20 Å². The van der Waals surface area contributed by atoms with Crippen molar-refractivity contribution in [2.75, 3.05) is 26.2 Å². The van der Waals surface area contributed by atoms with Gasteiger partial charge >= 0.3 is 0 Å². The van der Waals surface area contributed by atoms with Crippen LogP contribution >= 0.6 is 0 Å². The van der Waals surface area contributed by atoms with Crippen LogP contribution in [0, 0.1) is 0 Å². The molecular weight excluding hydrogens is 224 g/mol. The van der Waals surface area contributed by atoms with E-state index in [9.17, 15) is 0 Å². The zero-order chi connectivity index (χ0) is 12.6. The van der Waals surface area contributed by atoms with Gasteiger partial charge in [-0.1, -0.05) is 13.0 Å². The van der Waals surface area contributed by atoms with Gasteiger partial charge in [-0.05, 0) is 45.4 Å². The maximum Gasteiger partial charge on any atom is 0.0538 e. The molecule has 1 aliphatic heterocycles. The van der Waals surface area contributed by atoms with Crippen molar-refractivity contribution in [2.24, 2.45) is 0 Å². The van der Waals surface area contributed by atoms with Crippen LogP contribution in [0.2, 0.25) is 0 Å². The van der Waals surface area contributed by atoms with Crippen molar-refractivity contribution in [3.05, 3.63) is 24.5 Å². The molecule has 1 aromatic heterocycles. The van der Waals surface area contributed by atoms with Crippen molar-refractivity contribution >= 4 is 6.20 Å². The van der Waals surface area contributed by atoms with Crippen LogP contribution in [-0.2, 0) is 6.54 Å². The maximum absolute atomic E-state index is 4.16. The summed E-state index contributed by atoms with van der Waals surface area (Å²) in [4.78, 5) is 2.58. The van der Waals surface area contributed by atoms with E-state index >= 15 is 0 Å². The molecule has 1 saturated heterocycles. The zero-order valence-electron chi connectivity index (χ0n) is 11.1. The second-order valence-electron chi connectivity index (χ2n) is 4.94. The van der Waals surface area contributed by atoms with Crippen molar-refractivity contribution in [1.82, 2.24) is 20.0 Å². The highest BCUT2D eigenvalue weighted by Gasteiger charge is 2.08. The van der Waals surface area contributed by atoms with Gasteiger partial charge in [-0.2, -0.15) is 5.10 Å². The summed E-state index contributed by atoms with van der Waals surface area (Å²) in [5, 5.41) is 7.62. The molecule has 18 heavy (non-hydrogen) atoms. The first-order valence-corrected chi connectivity index (χ1v) is 6.97. The van der Waals surface area contributed by atoms with Gasteiger partial charge < -0.3 is 10.2 Å². The zero-order valence-corrected chi connectivity index (χ0v) is 11.1. The van der Waals surface area contributed by atoms with Crippen LogP contribution in [-0.4, -0.2) is 40.9 Å². The maximum atomic E-state index is 4.16. The normalized spacial score (nSPS) is 16.9. The number of piperidine rings is 1. The lowest BCUT2D eigenvalue weighted by Crippen LogP contribution is -2.32. The van der Waals surface area contributed by atoms with E-state index in [2.05, 4.69) is 21.9 Å². The highest BCUT2D eigenvalue weighted by atomic mass is 15.2. The molecule has 100 valence electrons. The van der Waals surface area contributed by atoms with Crippen LogP contribution in [0.25, 0.3) is 6.20 Å². The van der Waals surface area contributed by atoms with Gasteiger partial charge in [-0.15, -0.1) is 0 Å². The van der Waals surface area contributed by atoms with E-state index in [0.717, 1.165) is 13.1 Å². The van der Waals surface area contributed by atoms with Crippen LogP contribution in [0.5, 0.6) is 0 Å². The number of hydrogen-bond donors (Lipinski definition) is 1. The van der Waals surface area contributed by atoms with Gasteiger partial charge in [-0.25, -0.2) is 4.68 Å². The molecule has 0 aromatic carbocycles. The number of nitrogens with one attached hydrogen (secondary N) is 1. The van der Waals surface area contributed by atoms with Crippen molar-refractivity contribution in [3.8, 4) is 0 Å². The average molecular weight is 248 g/mol. The Bertz CT molecular complexity index is 352. The lowest BCUT2D eigenvalue weighted by molar-refractivity contribution is 0.225. The second-order valence-corrected chi connectivity index (χ2v) is 4.94. The highest BCUT2D eigenvalue weighted by Crippen LogP contribution is 2.08. The summed E-state index contributed by atoms with van der Waals surface area (Å²) >= 11 is 0. The first-order valence-electron chi connectivity index (χ1n) is 6.97. The van der Waals surface area contributed by atoms with Gasteiger partial charge in [0.25, 0.3) is 0 Å². The summed E-state index contributed by atoms with van der Waals surface area (Å²) in [6.07, 6.45) is 11.0. The predicted molar refractivity (Wildman–Crippen MR) is 75.2 cm³/mol. The quantitative estimate of drug-likeness (QED) is 0.749. The second kappa shape index (κ2) is 7.34. The van der Waals surface area contributed by atoms with Gasteiger partial charge in [0.2, 0.25) is 0 Å². The largest absolute Gasteiger partial charge is 0.313 e. The van der Waals surface area contributed by atoms with Crippen molar-refractivity contribution in [2.45, 2.75) is 32.2 Å². The van der Waals surface area contributed by atoms with Crippen LogP contribution < -0.4 is 5.32 Å². The number of hydrogen-bond acceptors (Lipinski definition) is 3. The van der Waals surface area contributed by atoms with E-state index in [4.69, 9.17) is 0 Å². The summed E-state index contributed by atoms with van der Waals surface area (Å²) in [6, 6.07) is 0. The van der Waals surface area contributed by atoms with E-state index in [0.29, 0.717) is 0 Å². The van der Waals surface area contributed by atoms with E-state index in [-0.39, 0.29) is 0 Å². The molecule has 1 fully saturated rings. The van der Waals surface area contributed by atoms with Crippen LogP contribution in [0.3, 0.4) is 0 Å². The monoisotopic (exact) mass is 248 g/mol. The Morgan fingerprint density at radius 1 is 1.33 bits per heavy atom. The molecule has 0 spiro atoms. The minimum Gasteiger partial charge on any atom is -0.313 e. The van der Waals surface area contributed by atoms with Gasteiger partial charge in [-0.3, -0.25) is 0 Å². The fourth-order valence-electron chi connectivity index (χ4n) is 2.41. The lowest BCUT2D eigenvalue weighted by atomic mass is 10.1. The van der Waals surface area contributed by atoms with Gasteiger partial charge in [0, 0.05) is 24.5 Å².